The monoisotopic (exact) mass is 294 g/mol. The zero-order valence-electron chi connectivity index (χ0n) is 10.1. The number of nitrogens with zero attached hydrogens (tertiary/aromatic N) is 2. The highest BCUT2D eigenvalue weighted by molar-refractivity contribution is 9.10. The summed E-state index contributed by atoms with van der Waals surface area (Å²) >= 11 is 3.39. The van der Waals surface area contributed by atoms with Crippen LogP contribution in [-0.2, 0) is 5.54 Å². The van der Waals surface area contributed by atoms with Crippen LogP contribution in [0.3, 0.4) is 0 Å². The van der Waals surface area contributed by atoms with Crippen molar-refractivity contribution in [2.45, 2.75) is 26.3 Å². The summed E-state index contributed by atoms with van der Waals surface area (Å²) in [4.78, 5) is 0. The molecule has 0 spiro atoms. The van der Waals surface area contributed by atoms with E-state index in [1.165, 1.54) is 0 Å². The molecular formula is C13H15BrN2O. The van der Waals surface area contributed by atoms with E-state index in [2.05, 4.69) is 41.8 Å². The Kier molecular flexibility index (Phi) is 3.24. The third-order valence-electron chi connectivity index (χ3n) is 2.30. The lowest BCUT2D eigenvalue weighted by molar-refractivity contribution is 0.353. The molecule has 1 aromatic carbocycles. The Morgan fingerprint density at radius 1 is 1.12 bits per heavy atom. The van der Waals surface area contributed by atoms with Gasteiger partial charge in [-0.2, -0.15) is 5.10 Å². The number of benzene rings is 1. The third-order valence-corrected chi connectivity index (χ3v) is 2.82. The summed E-state index contributed by atoms with van der Waals surface area (Å²) in [5.74, 6) is 1.56. The summed E-state index contributed by atoms with van der Waals surface area (Å²) in [6.45, 7) is 6.30. The SMILES string of the molecule is CC(C)(C)n1cc(Oc2ccc(Br)cc2)cn1. The molecule has 0 saturated carbocycles. The summed E-state index contributed by atoms with van der Waals surface area (Å²) in [5.41, 5.74) is -0.0265. The Labute approximate surface area is 110 Å². The predicted octanol–water partition coefficient (Wildman–Crippen LogP) is 4.19. The molecule has 0 atom stereocenters. The second-order valence-corrected chi connectivity index (χ2v) is 5.76. The first-order valence-corrected chi connectivity index (χ1v) is 6.23. The fourth-order valence-electron chi connectivity index (χ4n) is 1.36. The lowest BCUT2D eigenvalue weighted by atomic mass is 10.1. The van der Waals surface area contributed by atoms with Gasteiger partial charge in [0.1, 0.15) is 5.75 Å². The van der Waals surface area contributed by atoms with Gasteiger partial charge in [0.05, 0.1) is 17.9 Å². The van der Waals surface area contributed by atoms with Crippen LogP contribution in [0.1, 0.15) is 20.8 Å². The molecule has 0 aliphatic heterocycles. The number of halogens is 1. The molecule has 17 heavy (non-hydrogen) atoms. The van der Waals surface area contributed by atoms with Crippen molar-refractivity contribution in [2.75, 3.05) is 0 Å². The van der Waals surface area contributed by atoms with Crippen LogP contribution in [0, 0.1) is 0 Å². The molecule has 3 nitrogen and oxygen atoms in total. The van der Waals surface area contributed by atoms with Gasteiger partial charge in [0, 0.05) is 4.47 Å². The number of hydrogen-bond donors (Lipinski definition) is 0. The van der Waals surface area contributed by atoms with E-state index in [1.807, 2.05) is 35.1 Å². The fourth-order valence-corrected chi connectivity index (χ4v) is 1.63. The number of hydrogen-bond acceptors (Lipinski definition) is 2. The smallest absolute Gasteiger partial charge is 0.165 e. The van der Waals surface area contributed by atoms with Crippen LogP contribution < -0.4 is 4.74 Å². The van der Waals surface area contributed by atoms with E-state index < -0.39 is 0 Å². The van der Waals surface area contributed by atoms with Gasteiger partial charge in [-0.05, 0) is 45.0 Å². The van der Waals surface area contributed by atoms with Gasteiger partial charge in [-0.15, -0.1) is 0 Å². The quantitative estimate of drug-likeness (QED) is 0.830. The van der Waals surface area contributed by atoms with E-state index in [4.69, 9.17) is 4.74 Å². The van der Waals surface area contributed by atoms with Crippen molar-refractivity contribution in [3.8, 4) is 11.5 Å². The van der Waals surface area contributed by atoms with Crippen molar-refractivity contribution in [3.05, 3.63) is 41.1 Å². The van der Waals surface area contributed by atoms with Gasteiger partial charge in [0.2, 0.25) is 0 Å². The van der Waals surface area contributed by atoms with Gasteiger partial charge in [0.15, 0.2) is 5.75 Å². The highest BCUT2D eigenvalue weighted by Gasteiger charge is 2.14. The van der Waals surface area contributed by atoms with Gasteiger partial charge < -0.3 is 4.74 Å². The number of aromatic nitrogens is 2. The largest absolute Gasteiger partial charge is 0.454 e. The topological polar surface area (TPSA) is 27.1 Å². The molecule has 0 unspecified atom stereocenters. The Bertz CT molecular complexity index is 497. The molecule has 0 aliphatic rings. The summed E-state index contributed by atoms with van der Waals surface area (Å²) in [6, 6.07) is 7.73. The van der Waals surface area contributed by atoms with Crippen LogP contribution in [0.5, 0.6) is 11.5 Å². The molecule has 1 aromatic heterocycles. The van der Waals surface area contributed by atoms with Gasteiger partial charge in [-0.25, -0.2) is 0 Å². The maximum Gasteiger partial charge on any atom is 0.165 e. The van der Waals surface area contributed by atoms with Crippen molar-refractivity contribution in [2.24, 2.45) is 0 Å². The second-order valence-electron chi connectivity index (χ2n) is 4.85. The lowest BCUT2D eigenvalue weighted by Crippen LogP contribution is -2.21. The summed E-state index contributed by atoms with van der Waals surface area (Å²) in [6.07, 6.45) is 3.63. The van der Waals surface area contributed by atoms with Crippen LogP contribution >= 0.6 is 15.9 Å². The van der Waals surface area contributed by atoms with Gasteiger partial charge in [-0.3, -0.25) is 4.68 Å². The Balaban J connectivity index is 2.14. The average Bonchev–Trinajstić information content (AvgIpc) is 2.69. The highest BCUT2D eigenvalue weighted by Crippen LogP contribution is 2.24. The van der Waals surface area contributed by atoms with Crippen molar-refractivity contribution in [3.63, 3.8) is 0 Å². The minimum atomic E-state index is -0.0265. The predicted molar refractivity (Wildman–Crippen MR) is 71.4 cm³/mol. The summed E-state index contributed by atoms with van der Waals surface area (Å²) < 4.78 is 8.63. The van der Waals surface area contributed by atoms with E-state index in [9.17, 15) is 0 Å². The van der Waals surface area contributed by atoms with Crippen molar-refractivity contribution >= 4 is 15.9 Å². The van der Waals surface area contributed by atoms with Crippen LogP contribution in [0.2, 0.25) is 0 Å². The maximum absolute atomic E-state index is 5.70. The number of ether oxygens (including phenoxy) is 1. The molecule has 0 radical (unpaired) electrons. The van der Waals surface area contributed by atoms with Crippen LogP contribution in [-0.4, -0.2) is 9.78 Å². The summed E-state index contributed by atoms with van der Waals surface area (Å²) in [7, 11) is 0. The minimum absolute atomic E-state index is 0.0265. The first-order chi connectivity index (χ1) is 7.95. The molecule has 0 N–H and O–H groups in total. The Morgan fingerprint density at radius 3 is 2.29 bits per heavy atom. The molecule has 4 heteroatoms. The molecule has 0 saturated heterocycles. The number of rotatable bonds is 2. The summed E-state index contributed by atoms with van der Waals surface area (Å²) in [5, 5.41) is 4.28. The highest BCUT2D eigenvalue weighted by atomic mass is 79.9. The zero-order chi connectivity index (χ0) is 12.5. The molecule has 1 heterocycles. The van der Waals surface area contributed by atoms with E-state index in [1.54, 1.807) is 6.20 Å². The van der Waals surface area contributed by atoms with Gasteiger partial charge in [-0.1, -0.05) is 15.9 Å². The molecule has 0 aliphatic carbocycles. The first-order valence-electron chi connectivity index (χ1n) is 5.44. The zero-order valence-corrected chi connectivity index (χ0v) is 11.7. The van der Waals surface area contributed by atoms with Crippen molar-refractivity contribution in [1.29, 1.82) is 0 Å². The lowest BCUT2D eigenvalue weighted by Gasteiger charge is -2.18. The average molecular weight is 295 g/mol. The van der Waals surface area contributed by atoms with E-state index in [0.717, 1.165) is 16.0 Å². The second kappa shape index (κ2) is 4.53. The Hall–Kier alpha value is -1.29. The Morgan fingerprint density at radius 2 is 1.76 bits per heavy atom. The molecular weight excluding hydrogens is 280 g/mol. The maximum atomic E-state index is 5.70. The van der Waals surface area contributed by atoms with Gasteiger partial charge >= 0.3 is 0 Å². The molecule has 0 fully saturated rings. The molecule has 2 aromatic rings. The molecule has 0 amide bonds. The van der Waals surface area contributed by atoms with E-state index in [-0.39, 0.29) is 5.54 Å². The van der Waals surface area contributed by atoms with Gasteiger partial charge in [0.25, 0.3) is 0 Å². The van der Waals surface area contributed by atoms with E-state index >= 15 is 0 Å². The molecule has 0 bridgehead atoms. The standard InChI is InChI=1S/C13H15BrN2O/c1-13(2,3)16-9-12(8-15-16)17-11-6-4-10(14)5-7-11/h4-9H,1-3H3. The van der Waals surface area contributed by atoms with Crippen LogP contribution in [0.25, 0.3) is 0 Å². The normalized spacial score (nSPS) is 11.5. The van der Waals surface area contributed by atoms with Crippen LogP contribution in [0.15, 0.2) is 41.1 Å². The first kappa shape index (κ1) is 12.2. The minimum Gasteiger partial charge on any atom is -0.454 e. The molecule has 90 valence electrons. The van der Waals surface area contributed by atoms with Crippen LogP contribution in [0.4, 0.5) is 0 Å². The molecule has 2 rings (SSSR count). The van der Waals surface area contributed by atoms with E-state index in [0.29, 0.717) is 0 Å². The van der Waals surface area contributed by atoms with Crippen molar-refractivity contribution in [1.82, 2.24) is 9.78 Å². The third kappa shape index (κ3) is 3.09. The fraction of sp³-hybridized carbons (Fsp3) is 0.308. The van der Waals surface area contributed by atoms with Crippen molar-refractivity contribution < 1.29 is 4.74 Å².